The molecule has 0 saturated heterocycles. The molecule has 6 nitrogen and oxygen atoms in total. The lowest BCUT2D eigenvalue weighted by Crippen LogP contribution is -2.49. The lowest BCUT2D eigenvalue weighted by molar-refractivity contribution is -0.126. The van der Waals surface area contributed by atoms with Gasteiger partial charge >= 0.3 is 0 Å². The first-order valence-electron chi connectivity index (χ1n) is 11.3. The van der Waals surface area contributed by atoms with Gasteiger partial charge in [-0.15, -0.1) is 11.3 Å². The molecule has 2 aromatic carbocycles. The van der Waals surface area contributed by atoms with E-state index in [-0.39, 0.29) is 24.4 Å². The minimum absolute atomic E-state index is 0.0432. The van der Waals surface area contributed by atoms with Gasteiger partial charge in [0.15, 0.2) is 0 Å². The summed E-state index contributed by atoms with van der Waals surface area (Å²) in [7, 11) is 0. The van der Waals surface area contributed by atoms with Crippen LogP contribution in [0.3, 0.4) is 0 Å². The molecule has 1 aliphatic rings. The van der Waals surface area contributed by atoms with E-state index in [2.05, 4.69) is 10.6 Å². The number of carbonyl (C=O) groups is 3. The van der Waals surface area contributed by atoms with Crippen molar-refractivity contribution in [2.24, 2.45) is 0 Å². The van der Waals surface area contributed by atoms with Gasteiger partial charge in [0.05, 0.1) is 11.4 Å². The Balaban J connectivity index is 1.65. The molecule has 0 radical (unpaired) electrons. The van der Waals surface area contributed by atoms with Gasteiger partial charge in [0.2, 0.25) is 11.8 Å². The topological polar surface area (TPSA) is 78.5 Å². The number of benzene rings is 2. The third kappa shape index (κ3) is 5.69. The molecule has 3 amide bonds. The van der Waals surface area contributed by atoms with Crippen LogP contribution in [0.2, 0.25) is 0 Å². The number of para-hydroxylation sites is 1. The highest BCUT2D eigenvalue weighted by Crippen LogP contribution is 2.29. The van der Waals surface area contributed by atoms with Gasteiger partial charge in [0.25, 0.3) is 5.91 Å². The summed E-state index contributed by atoms with van der Waals surface area (Å²) in [5.41, 5.74) is 0.993. The van der Waals surface area contributed by atoms with E-state index in [1.165, 1.54) is 40.5 Å². The van der Waals surface area contributed by atoms with E-state index >= 15 is 0 Å². The second-order valence-corrected chi connectivity index (χ2v) is 9.15. The molecule has 1 atom stereocenters. The molecule has 0 aliphatic heterocycles. The Morgan fingerprint density at radius 3 is 2.32 bits per heavy atom. The molecular formula is C26H26FN3O3S. The van der Waals surface area contributed by atoms with Gasteiger partial charge in [0, 0.05) is 11.7 Å². The van der Waals surface area contributed by atoms with Crippen molar-refractivity contribution in [1.29, 1.82) is 0 Å². The van der Waals surface area contributed by atoms with E-state index in [1.807, 2.05) is 6.07 Å². The highest BCUT2D eigenvalue weighted by atomic mass is 32.1. The van der Waals surface area contributed by atoms with Crippen molar-refractivity contribution in [1.82, 2.24) is 10.6 Å². The van der Waals surface area contributed by atoms with Crippen LogP contribution in [0.4, 0.5) is 10.1 Å². The number of nitrogens with one attached hydrogen (secondary N) is 2. The third-order valence-corrected chi connectivity index (χ3v) is 6.71. The number of anilines is 1. The molecule has 3 aromatic rings. The average Bonchev–Trinajstić information content (AvgIpc) is 3.57. The standard InChI is InChI=1S/C26H26FN3O3S/c27-19-14-12-18(13-15-19)24(26(33)29-20-7-4-5-8-20)30(21-9-2-1-3-10-21)23(31)17-28-25(32)22-11-6-16-34-22/h1-3,6,9-16,20,24H,4-5,7-8,17H2,(H,28,32)(H,29,33)/t24-/m1/s1. The van der Waals surface area contributed by atoms with E-state index in [0.29, 0.717) is 16.1 Å². The minimum Gasteiger partial charge on any atom is -0.351 e. The van der Waals surface area contributed by atoms with Crippen LogP contribution in [0.25, 0.3) is 0 Å². The van der Waals surface area contributed by atoms with Crippen molar-refractivity contribution in [3.05, 3.63) is 88.4 Å². The van der Waals surface area contributed by atoms with Crippen molar-refractivity contribution >= 4 is 34.7 Å². The summed E-state index contributed by atoms with van der Waals surface area (Å²) >= 11 is 1.28. The smallest absolute Gasteiger partial charge is 0.261 e. The maximum Gasteiger partial charge on any atom is 0.261 e. The maximum absolute atomic E-state index is 13.7. The molecule has 1 heterocycles. The first-order valence-corrected chi connectivity index (χ1v) is 12.2. The number of nitrogens with zero attached hydrogens (tertiary/aromatic N) is 1. The summed E-state index contributed by atoms with van der Waals surface area (Å²) in [5, 5.41) is 7.51. The fraction of sp³-hybridized carbons (Fsp3) is 0.269. The number of amides is 3. The van der Waals surface area contributed by atoms with Crippen molar-refractivity contribution in [3.63, 3.8) is 0 Å². The second-order valence-electron chi connectivity index (χ2n) is 8.20. The van der Waals surface area contributed by atoms with E-state index in [9.17, 15) is 18.8 Å². The van der Waals surface area contributed by atoms with Gasteiger partial charge in [-0.2, -0.15) is 0 Å². The van der Waals surface area contributed by atoms with Crippen molar-refractivity contribution in [3.8, 4) is 0 Å². The molecule has 1 aromatic heterocycles. The molecule has 2 N–H and O–H groups in total. The van der Waals surface area contributed by atoms with Crippen LogP contribution >= 0.6 is 11.3 Å². The van der Waals surface area contributed by atoms with E-state index < -0.39 is 17.8 Å². The quantitative estimate of drug-likeness (QED) is 0.501. The van der Waals surface area contributed by atoms with E-state index in [4.69, 9.17) is 0 Å². The summed E-state index contributed by atoms with van der Waals surface area (Å²) in [5.74, 6) is -1.57. The van der Waals surface area contributed by atoms with Crippen molar-refractivity contribution < 1.29 is 18.8 Å². The Morgan fingerprint density at radius 1 is 0.971 bits per heavy atom. The van der Waals surface area contributed by atoms with Gasteiger partial charge in [0.1, 0.15) is 11.9 Å². The fourth-order valence-corrected chi connectivity index (χ4v) is 4.81. The zero-order valence-corrected chi connectivity index (χ0v) is 19.4. The molecule has 0 bridgehead atoms. The zero-order chi connectivity index (χ0) is 23.9. The molecule has 0 unspecified atom stereocenters. The SMILES string of the molecule is O=C(NCC(=O)N(c1ccccc1)[C@@H](C(=O)NC1CCCC1)c1ccc(F)cc1)c1cccs1. The first-order chi connectivity index (χ1) is 16.5. The van der Waals surface area contributed by atoms with Gasteiger partial charge in [-0.3, -0.25) is 19.3 Å². The maximum atomic E-state index is 13.7. The van der Waals surface area contributed by atoms with Crippen LogP contribution in [0, 0.1) is 5.82 Å². The van der Waals surface area contributed by atoms with Crippen LogP contribution in [0.1, 0.15) is 47.0 Å². The first kappa shape index (κ1) is 23.6. The number of hydrogen-bond donors (Lipinski definition) is 2. The predicted molar refractivity (Wildman–Crippen MR) is 130 cm³/mol. The summed E-state index contributed by atoms with van der Waals surface area (Å²) in [4.78, 5) is 41.3. The number of hydrogen-bond acceptors (Lipinski definition) is 4. The minimum atomic E-state index is -1.02. The number of thiophene rings is 1. The van der Waals surface area contributed by atoms with E-state index in [0.717, 1.165) is 25.7 Å². The Bertz CT molecular complexity index is 1110. The lowest BCUT2D eigenvalue weighted by Gasteiger charge is -2.32. The van der Waals surface area contributed by atoms with Crippen LogP contribution in [-0.2, 0) is 9.59 Å². The molecule has 8 heteroatoms. The lowest BCUT2D eigenvalue weighted by atomic mass is 10.0. The molecule has 1 saturated carbocycles. The van der Waals surface area contributed by atoms with E-state index in [1.54, 1.807) is 41.8 Å². The molecular weight excluding hydrogens is 453 g/mol. The highest BCUT2D eigenvalue weighted by molar-refractivity contribution is 7.12. The average molecular weight is 480 g/mol. The van der Waals surface area contributed by atoms with Gasteiger partial charge < -0.3 is 10.6 Å². The number of carbonyl (C=O) groups excluding carboxylic acids is 3. The molecule has 1 aliphatic carbocycles. The summed E-state index contributed by atoms with van der Waals surface area (Å²) < 4.78 is 13.7. The summed E-state index contributed by atoms with van der Waals surface area (Å²) in [6.07, 6.45) is 3.86. The van der Waals surface area contributed by atoms with Gasteiger partial charge in [-0.1, -0.05) is 49.2 Å². The third-order valence-electron chi connectivity index (χ3n) is 5.84. The number of rotatable bonds is 8. The molecule has 176 valence electrons. The van der Waals surface area contributed by atoms with Crippen molar-refractivity contribution in [2.45, 2.75) is 37.8 Å². The van der Waals surface area contributed by atoms with Crippen LogP contribution in [0.15, 0.2) is 72.1 Å². The largest absolute Gasteiger partial charge is 0.351 e. The molecule has 4 rings (SSSR count). The van der Waals surface area contributed by atoms with Gasteiger partial charge in [-0.05, 0) is 54.1 Å². The van der Waals surface area contributed by atoms with Crippen molar-refractivity contribution in [2.75, 3.05) is 11.4 Å². The summed E-state index contributed by atoms with van der Waals surface area (Å²) in [6.45, 7) is -0.292. The van der Waals surface area contributed by atoms with Crippen LogP contribution in [-0.4, -0.2) is 30.3 Å². The zero-order valence-electron chi connectivity index (χ0n) is 18.6. The fourth-order valence-electron chi connectivity index (χ4n) is 4.17. The highest BCUT2D eigenvalue weighted by Gasteiger charge is 2.34. The van der Waals surface area contributed by atoms with Crippen LogP contribution in [0.5, 0.6) is 0 Å². The molecule has 1 fully saturated rings. The predicted octanol–water partition coefficient (Wildman–Crippen LogP) is 4.45. The Hall–Kier alpha value is -3.52. The molecule has 0 spiro atoms. The summed E-state index contributed by atoms with van der Waals surface area (Å²) in [6, 6.07) is 16.9. The normalized spacial score (nSPS) is 14.4. The number of halogens is 1. The van der Waals surface area contributed by atoms with Crippen LogP contribution < -0.4 is 15.5 Å². The molecule has 34 heavy (non-hydrogen) atoms. The second kappa shape index (κ2) is 11.1. The monoisotopic (exact) mass is 479 g/mol. The Kier molecular flexibility index (Phi) is 7.69. The van der Waals surface area contributed by atoms with Gasteiger partial charge in [-0.25, -0.2) is 4.39 Å². The Morgan fingerprint density at radius 2 is 1.68 bits per heavy atom. The Labute approximate surface area is 201 Å².